The van der Waals surface area contributed by atoms with E-state index in [9.17, 15) is 4.79 Å². The second kappa shape index (κ2) is 7.00. The third-order valence-corrected chi connectivity index (χ3v) is 3.93. The number of ether oxygens (including phenoxy) is 1. The summed E-state index contributed by atoms with van der Waals surface area (Å²) < 4.78 is 6.80. The molecule has 1 aromatic heterocycles. The monoisotopic (exact) mass is 321 g/mol. The van der Waals surface area contributed by atoms with Gasteiger partial charge in [0.2, 0.25) is 0 Å². The van der Waals surface area contributed by atoms with Crippen molar-refractivity contribution in [1.29, 1.82) is 0 Å². The third kappa shape index (κ3) is 3.46. The highest BCUT2D eigenvalue weighted by molar-refractivity contribution is 5.89. The van der Waals surface area contributed by atoms with Crippen LogP contribution in [-0.2, 0) is 17.7 Å². The fourth-order valence-electron chi connectivity index (χ4n) is 2.58. The van der Waals surface area contributed by atoms with Crippen LogP contribution in [0.25, 0.3) is 0 Å². The van der Waals surface area contributed by atoms with Gasteiger partial charge in [-0.05, 0) is 29.3 Å². The van der Waals surface area contributed by atoms with Gasteiger partial charge < -0.3 is 15.0 Å². The smallest absolute Gasteiger partial charge is 0.337 e. The van der Waals surface area contributed by atoms with Gasteiger partial charge in [-0.25, -0.2) is 9.78 Å². The molecule has 0 atom stereocenters. The number of nitrogen functional groups attached to an aromatic ring is 1. The lowest BCUT2D eigenvalue weighted by atomic mass is 10.1. The molecule has 0 fully saturated rings. The van der Waals surface area contributed by atoms with Gasteiger partial charge in [-0.1, -0.05) is 30.3 Å². The van der Waals surface area contributed by atoms with Crippen LogP contribution in [0.1, 0.15) is 27.3 Å². The Balaban J connectivity index is 1.76. The number of hydrogen-bond donors (Lipinski definition) is 1. The van der Waals surface area contributed by atoms with Crippen LogP contribution in [0, 0.1) is 0 Å². The molecule has 0 saturated heterocycles. The van der Waals surface area contributed by atoms with E-state index < -0.39 is 0 Å². The minimum Gasteiger partial charge on any atom is -0.465 e. The summed E-state index contributed by atoms with van der Waals surface area (Å²) in [6.45, 7) is 0.684. The third-order valence-electron chi connectivity index (χ3n) is 3.93. The van der Waals surface area contributed by atoms with E-state index in [0.29, 0.717) is 18.5 Å². The number of para-hydroxylation sites is 1. The van der Waals surface area contributed by atoms with Crippen molar-refractivity contribution in [3.05, 3.63) is 83.4 Å². The summed E-state index contributed by atoms with van der Waals surface area (Å²) in [5.74, 6) is 0.620. The number of imidazole rings is 1. The summed E-state index contributed by atoms with van der Waals surface area (Å²) in [4.78, 5) is 15.9. The highest BCUT2D eigenvalue weighted by atomic mass is 16.5. The first-order chi connectivity index (χ1) is 11.7. The molecule has 0 aliphatic carbocycles. The Kier molecular flexibility index (Phi) is 4.61. The lowest BCUT2D eigenvalue weighted by Gasteiger charge is -2.10. The number of hydrogen-bond acceptors (Lipinski definition) is 4. The van der Waals surface area contributed by atoms with Gasteiger partial charge in [0.15, 0.2) is 0 Å². The Bertz CT molecular complexity index is 838. The van der Waals surface area contributed by atoms with Crippen LogP contribution in [0.2, 0.25) is 0 Å². The maximum absolute atomic E-state index is 11.5. The molecule has 0 spiro atoms. The fourth-order valence-corrected chi connectivity index (χ4v) is 2.58. The molecular weight excluding hydrogens is 302 g/mol. The molecule has 5 heteroatoms. The van der Waals surface area contributed by atoms with Crippen LogP contribution in [0.5, 0.6) is 0 Å². The SMILES string of the molecule is COC(=O)c1ccc(Cn2ccnc2Cc2ccccc2N)cc1. The van der Waals surface area contributed by atoms with Crippen molar-refractivity contribution in [2.75, 3.05) is 12.8 Å². The molecule has 122 valence electrons. The standard InChI is InChI=1S/C19H19N3O2/c1-24-19(23)15-8-6-14(7-9-15)13-22-11-10-21-18(22)12-16-4-2-3-5-17(16)20/h2-11H,12-13,20H2,1H3. The molecule has 2 N–H and O–H groups in total. The molecule has 0 aliphatic rings. The predicted octanol–water partition coefficient (Wildman–Crippen LogP) is 2.89. The van der Waals surface area contributed by atoms with Crippen LogP contribution >= 0.6 is 0 Å². The lowest BCUT2D eigenvalue weighted by Crippen LogP contribution is -2.07. The minimum atomic E-state index is -0.329. The zero-order valence-electron chi connectivity index (χ0n) is 13.5. The van der Waals surface area contributed by atoms with E-state index in [1.807, 2.05) is 42.6 Å². The van der Waals surface area contributed by atoms with Crippen molar-refractivity contribution < 1.29 is 9.53 Å². The topological polar surface area (TPSA) is 70.1 Å². The quantitative estimate of drug-likeness (QED) is 0.579. The van der Waals surface area contributed by atoms with E-state index in [-0.39, 0.29) is 5.97 Å². The summed E-state index contributed by atoms with van der Waals surface area (Å²) in [5.41, 5.74) is 9.48. The van der Waals surface area contributed by atoms with E-state index in [1.165, 1.54) is 7.11 Å². The number of methoxy groups -OCH3 is 1. The maximum atomic E-state index is 11.5. The van der Waals surface area contributed by atoms with Gasteiger partial charge in [0.05, 0.1) is 12.7 Å². The molecular formula is C19H19N3O2. The zero-order valence-corrected chi connectivity index (χ0v) is 13.5. The Hall–Kier alpha value is -3.08. The van der Waals surface area contributed by atoms with Crippen molar-refractivity contribution in [2.24, 2.45) is 0 Å². The average Bonchev–Trinajstić information content (AvgIpc) is 3.04. The van der Waals surface area contributed by atoms with Crippen LogP contribution < -0.4 is 5.73 Å². The van der Waals surface area contributed by atoms with Gasteiger partial charge >= 0.3 is 5.97 Å². The van der Waals surface area contributed by atoms with Gasteiger partial charge in [0.25, 0.3) is 0 Å². The Labute approximate surface area is 140 Å². The van der Waals surface area contributed by atoms with Crippen molar-refractivity contribution in [3.63, 3.8) is 0 Å². The maximum Gasteiger partial charge on any atom is 0.337 e. The molecule has 3 rings (SSSR count). The Morgan fingerprint density at radius 2 is 1.92 bits per heavy atom. The Morgan fingerprint density at radius 3 is 2.62 bits per heavy atom. The molecule has 1 heterocycles. The summed E-state index contributed by atoms with van der Waals surface area (Å²) in [6, 6.07) is 15.2. The number of carbonyl (C=O) groups is 1. The zero-order chi connectivity index (χ0) is 16.9. The molecule has 0 bridgehead atoms. The van der Waals surface area contributed by atoms with Crippen molar-refractivity contribution in [2.45, 2.75) is 13.0 Å². The first kappa shape index (κ1) is 15.8. The van der Waals surface area contributed by atoms with Crippen molar-refractivity contribution >= 4 is 11.7 Å². The van der Waals surface area contributed by atoms with E-state index in [1.54, 1.807) is 18.3 Å². The molecule has 2 aromatic carbocycles. The lowest BCUT2D eigenvalue weighted by molar-refractivity contribution is 0.0600. The van der Waals surface area contributed by atoms with Gasteiger partial charge in [0.1, 0.15) is 5.82 Å². The molecule has 0 unspecified atom stereocenters. The predicted molar refractivity (Wildman–Crippen MR) is 92.8 cm³/mol. The number of anilines is 1. The first-order valence-electron chi connectivity index (χ1n) is 7.68. The summed E-state index contributed by atoms with van der Waals surface area (Å²) in [5, 5.41) is 0. The van der Waals surface area contributed by atoms with E-state index in [4.69, 9.17) is 10.5 Å². The van der Waals surface area contributed by atoms with Crippen molar-refractivity contribution in [1.82, 2.24) is 9.55 Å². The number of carbonyl (C=O) groups excluding carboxylic acids is 1. The molecule has 0 radical (unpaired) electrons. The van der Waals surface area contributed by atoms with Crippen molar-refractivity contribution in [3.8, 4) is 0 Å². The molecule has 5 nitrogen and oxygen atoms in total. The van der Waals surface area contributed by atoms with Crippen LogP contribution in [0.15, 0.2) is 60.9 Å². The molecule has 0 saturated carbocycles. The average molecular weight is 321 g/mol. The first-order valence-corrected chi connectivity index (χ1v) is 7.68. The normalized spacial score (nSPS) is 10.5. The van der Waals surface area contributed by atoms with Gasteiger partial charge in [-0.15, -0.1) is 0 Å². The van der Waals surface area contributed by atoms with Gasteiger partial charge in [0, 0.05) is 31.0 Å². The van der Waals surface area contributed by atoms with E-state index in [0.717, 1.165) is 22.6 Å². The second-order valence-corrected chi connectivity index (χ2v) is 5.54. The molecule has 24 heavy (non-hydrogen) atoms. The highest BCUT2D eigenvalue weighted by Crippen LogP contribution is 2.16. The van der Waals surface area contributed by atoms with Gasteiger partial charge in [-0.2, -0.15) is 0 Å². The number of nitrogens with zero attached hydrogens (tertiary/aromatic N) is 2. The van der Waals surface area contributed by atoms with Gasteiger partial charge in [-0.3, -0.25) is 0 Å². The van der Waals surface area contributed by atoms with Crippen LogP contribution in [0.3, 0.4) is 0 Å². The number of nitrogens with two attached hydrogens (primary N) is 1. The largest absolute Gasteiger partial charge is 0.465 e. The van der Waals surface area contributed by atoms with Crippen LogP contribution in [0.4, 0.5) is 5.69 Å². The fraction of sp³-hybridized carbons (Fsp3) is 0.158. The number of esters is 1. The summed E-state index contributed by atoms with van der Waals surface area (Å²) in [6.07, 6.45) is 4.42. The molecule has 0 amide bonds. The summed E-state index contributed by atoms with van der Waals surface area (Å²) in [7, 11) is 1.38. The minimum absolute atomic E-state index is 0.329. The molecule has 3 aromatic rings. The number of rotatable bonds is 5. The summed E-state index contributed by atoms with van der Waals surface area (Å²) >= 11 is 0. The van der Waals surface area contributed by atoms with E-state index in [2.05, 4.69) is 9.55 Å². The number of aromatic nitrogens is 2. The number of benzene rings is 2. The highest BCUT2D eigenvalue weighted by Gasteiger charge is 2.08. The van der Waals surface area contributed by atoms with Crippen LogP contribution in [-0.4, -0.2) is 22.6 Å². The Morgan fingerprint density at radius 1 is 1.17 bits per heavy atom. The van der Waals surface area contributed by atoms with E-state index >= 15 is 0 Å². The second-order valence-electron chi connectivity index (χ2n) is 5.54. The molecule has 0 aliphatic heterocycles.